The Hall–Kier alpha value is -2.29. The normalized spacial score (nSPS) is 36.2. The number of benzene rings is 1. The van der Waals surface area contributed by atoms with Gasteiger partial charge in [0.1, 0.15) is 5.65 Å². The number of nitrogens with zero attached hydrogens (tertiary/aromatic N) is 3. The Labute approximate surface area is 179 Å². The third-order valence-electron chi connectivity index (χ3n) is 9.33. The van der Waals surface area contributed by atoms with Gasteiger partial charge in [0.05, 0.1) is 17.3 Å². The fraction of sp³-hybridized carbons (Fsp3) is 0.519. The lowest BCUT2D eigenvalue weighted by atomic mass is 9.47. The van der Waals surface area contributed by atoms with Gasteiger partial charge >= 0.3 is 0 Å². The first-order valence-electron chi connectivity index (χ1n) is 11.9. The van der Waals surface area contributed by atoms with Crippen molar-refractivity contribution in [1.82, 2.24) is 9.55 Å². The molecule has 3 nitrogen and oxygen atoms in total. The maximum Gasteiger partial charge on any atom is 0.140 e. The van der Waals surface area contributed by atoms with Crippen LogP contribution < -0.4 is 4.90 Å². The van der Waals surface area contributed by atoms with Crippen LogP contribution in [0.25, 0.3) is 11.0 Å². The number of hydrogen-bond acceptors (Lipinski definition) is 2. The van der Waals surface area contributed by atoms with Crippen molar-refractivity contribution in [2.75, 3.05) is 4.90 Å². The monoisotopic (exact) mass is 397 g/mol. The van der Waals surface area contributed by atoms with E-state index in [-0.39, 0.29) is 5.54 Å². The highest BCUT2D eigenvalue weighted by atomic mass is 15.3. The second-order valence-electron chi connectivity index (χ2n) is 10.7. The van der Waals surface area contributed by atoms with Gasteiger partial charge in [0.2, 0.25) is 0 Å². The second kappa shape index (κ2) is 5.69. The van der Waals surface area contributed by atoms with Crippen molar-refractivity contribution in [2.24, 2.45) is 30.7 Å². The van der Waals surface area contributed by atoms with E-state index in [4.69, 9.17) is 4.98 Å². The highest BCUT2D eigenvalue weighted by Gasteiger charge is 2.66. The summed E-state index contributed by atoms with van der Waals surface area (Å²) in [6, 6.07) is 13.9. The molecule has 1 spiro atoms. The zero-order valence-electron chi connectivity index (χ0n) is 18.3. The first kappa shape index (κ1) is 17.4. The number of aryl methyl sites for hydroxylation is 2. The van der Waals surface area contributed by atoms with Gasteiger partial charge in [-0.05, 0) is 93.4 Å². The van der Waals surface area contributed by atoms with Crippen molar-refractivity contribution < 1.29 is 0 Å². The Bertz CT molecular complexity index is 1140. The Balaban J connectivity index is 1.57. The number of rotatable bonds is 1. The molecule has 4 saturated carbocycles. The summed E-state index contributed by atoms with van der Waals surface area (Å²) >= 11 is 0. The van der Waals surface area contributed by atoms with Gasteiger partial charge in [-0.2, -0.15) is 0 Å². The van der Waals surface area contributed by atoms with E-state index in [1.165, 1.54) is 54.4 Å². The highest BCUT2D eigenvalue weighted by Crippen LogP contribution is 2.69. The molecule has 0 amide bonds. The maximum atomic E-state index is 4.83. The fourth-order valence-corrected chi connectivity index (χ4v) is 8.68. The number of hydrogen-bond donors (Lipinski definition) is 0. The number of para-hydroxylation sites is 1. The summed E-state index contributed by atoms with van der Waals surface area (Å²) in [7, 11) is 2.29. The Kier molecular flexibility index (Phi) is 3.30. The molecule has 1 aromatic carbocycles. The van der Waals surface area contributed by atoms with Crippen molar-refractivity contribution in [3.05, 3.63) is 59.4 Å². The van der Waals surface area contributed by atoms with Crippen LogP contribution >= 0.6 is 0 Å². The summed E-state index contributed by atoms with van der Waals surface area (Å²) in [4.78, 5) is 7.73. The van der Waals surface area contributed by atoms with E-state index >= 15 is 0 Å². The van der Waals surface area contributed by atoms with Crippen LogP contribution in [0.5, 0.6) is 0 Å². The molecule has 3 heterocycles. The number of anilines is 1. The van der Waals surface area contributed by atoms with Crippen molar-refractivity contribution >= 4 is 16.7 Å². The largest absolute Gasteiger partial charge is 0.353 e. The van der Waals surface area contributed by atoms with Crippen LogP contribution in [-0.4, -0.2) is 9.55 Å². The molecule has 5 aliphatic rings. The number of pyridine rings is 1. The van der Waals surface area contributed by atoms with Crippen molar-refractivity contribution in [3.8, 4) is 0 Å². The number of aromatic nitrogens is 2. The molecule has 0 saturated heterocycles. The molecule has 0 N–H and O–H groups in total. The molecule has 154 valence electrons. The van der Waals surface area contributed by atoms with Crippen molar-refractivity contribution in [1.29, 1.82) is 0 Å². The molecule has 1 aliphatic heterocycles. The van der Waals surface area contributed by atoms with Gasteiger partial charge in [-0.15, -0.1) is 0 Å². The van der Waals surface area contributed by atoms with Gasteiger partial charge in [0, 0.05) is 29.9 Å². The minimum Gasteiger partial charge on any atom is -0.353 e. The molecule has 2 aromatic heterocycles. The fourth-order valence-electron chi connectivity index (χ4n) is 8.68. The summed E-state index contributed by atoms with van der Waals surface area (Å²) < 4.78 is 2.49. The van der Waals surface area contributed by atoms with Crippen molar-refractivity contribution in [2.45, 2.75) is 57.5 Å². The molecule has 3 aromatic rings. The second-order valence-corrected chi connectivity index (χ2v) is 10.7. The van der Waals surface area contributed by atoms with Gasteiger partial charge in [-0.25, -0.2) is 4.98 Å². The molecule has 8 rings (SSSR count). The van der Waals surface area contributed by atoms with Crippen LogP contribution in [-0.2, 0) is 12.6 Å². The first-order valence-corrected chi connectivity index (χ1v) is 11.9. The summed E-state index contributed by atoms with van der Waals surface area (Å²) in [5.74, 6) is 3.45. The zero-order chi connectivity index (χ0) is 20.2. The molecule has 4 fully saturated rings. The molecule has 3 heteroatoms. The van der Waals surface area contributed by atoms with E-state index in [2.05, 4.69) is 66.8 Å². The minimum atomic E-state index is 0.129. The summed E-state index contributed by atoms with van der Waals surface area (Å²) in [5.41, 5.74) is 7.31. The number of fused-ring (bicyclic) bond motifs is 3. The predicted octanol–water partition coefficient (Wildman–Crippen LogP) is 6.11. The van der Waals surface area contributed by atoms with E-state index in [9.17, 15) is 0 Å². The topological polar surface area (TPSA) is 21.1 Å². The average molecular weight is 398 g/mol. The Morgan fingerprint density at radius 2 is 1.63 bits per heavy atom. The third kappa shape index (κ3) is 1.87. The third-order valence-corrected chi connectivity index (χ3v) is 9.33. The Morgan fingerprint density at radius 1 is 0.933 bits per heavy atom. The van der Waals surface area contributed by atoms with Gasteiger partial charge < -0.3 is 9.47 Å². The first-order chi connectivity index (χ1) is 14.6. The van der Waals surface area contributed by atoms with Crippen LogP contribution in [0.3, 0.4) is 0 Å². The molecule has 4 bridgehead atoms. The van der Waals surface area contributed by atoms with Crippen molar-refractivity contribution in [3.63, 3.8) is 0 Å². The summed E-state index contributed by atoms with van der Waals surface area (Å²) in [6.07, 6.45) is 9.11. The summed E-state index contributed by atoms with van der Waals surface area (Å²) in [6.45, 7) is 4.76. The van der Waals surface area contributed by atoms with E-state index in [1.54, 1.807) is 11.3 Å². The van der Waals surface area contributed by atoms with Crippen LogP contribution in [0.2, 0.25) is 0 Å². The predicted molar refractivity (Wildman–Crippen MR) is 122 cm³/mol. The van der Waals surface area contributed by atoms with E-state index < -0.39 is 0 Å². The maximum absolute atomic E-state index is 4.83. The van der Waals surface area contributed by atoms with Crippen LogP contribution in [0.1, 0.15) is 61.9 Å². The van der Waals surface area contributed by atoms with E-state index in [0.717, 1.165) is 23.7 Å². The van der Waals surface area contributed by atoms with Gasteiger partial charge in [0.15, 0.2) is 0 Å². The molecular weight excluding hydrogens is 366 g/mol. The standard InChI is InChI=1S/C27H31N3/c1-16-7-4-5-9-23(16)30-17(2)24-22-8-6-10-28-26(22)29(3)25(24)27(30)20-12-18-11-19(14-20)15-21(27)13-18/h4-10,17-21H,11-15H2,1-3H3. The SMILES string of the molecule is Cc1ccccc1N1C(C)c2c(n(C)c3ncccc23)C12C1CC3CC(C1)CC2C3. The molecular formula is C27H31N3. The molecule has 30 heavy (non-hydrogen) atoms. The van der Waals surface area contributed by atoms with Crippen LogP contribution in [0.15, 0.2) is 42.6 Å². The quantitative estimate of drug-likeness (QED) is 0.494. The molecule has 0 radical (unpaired) electrons. The minimum absolute atomic E-state index is 0.129. The average Bonchev–Trinajstić information content (AvgIpc) is 3.18. The highest BCUT2D eigenvalue weighted by molar-refractivity contribution is 5.86. The van der Waals surface area contributed by atoms with Gasteiger partial charge in [0.25, 0.3) is 0 Å². The van der Waals surface area contributed by atoms with E-state index in [1.807, 2.05) is 6.20 Å². The zero-order valence-corrected chi connectivity index (χ0v) is 18.3. The smallest absolute Gasteiger partial charge is 0.140 e. The lowest BCUT2D eigenvalue weighted by Crippen LogP contribution is -2.62. The van der Waals surface area contributed by atoms with Gasteiger partial charge in [-0.1, -0.05) is 18.2 Å². The molecule has 1 unspecified atom stereocenters. The lowest BCUT2D eigenvalue weighted by molar-refractivity contribution is -0.0629. The van der Waals surface area contributed by atoms with Crippen LogP contribution in [0.4, 0.5) is 5.69 Å². The lowest BCUT2D eigenvalue weighted by Gasteiger charge is -2.64. The van der Waals surface area contributed by atoms with Gasteiger partial charge in [-0.3, -0.25) is 0 Å². The summed E-state index contributed by atoms with van der Waals surface area (Å²) in [5, 5.41) is 1.37. The van der Waals surface area contributed by atoms with E-state index in [0.29, 0.717) is 6.04 Å². The molecule has 4 aliphatic carbocycles. The Morgan fingerprint density at radius 3 is 2.33 bits per heavy atom. The van der Waals surface area contributed by atoms with Crippen LogP contribution in [0, 0.1) is 30.6 Å². The molecule has 1 atom stereocenters.